The van der Waals surface area contributed by atoms with Crippen LogP contribution in [0.15, 0.2) is 36.4 Å². The normalized spacial score (nSPS) is 14.1. The van der Waals surface area contributed by atoms with E-state index in [1.165, 1.54) is 5.39 Å². The van der Waals surface area contributed by atoms with Gasteiger partial charge in [-0.25, -0.2) is 0 Å². The van der Waals surface area contributed by atoms with E-state index in [9.17, 15) is 5.11 Å². The largest absolute Gasteiger partial charge is 0.543 e. The lowest BCUT2D eigenvalue weighted by atomic mass is 10.0. The van der Waals surface area contributed by atoms with Gasteiger partial charge in [-0.3, -0.25) is 0 Å². The van der Waals surface area contributed by atoms with Gasteiger partial charge >= 0.3 is 0 Å². The third-order valence-corrected chi connectivity index (χ3v) is 8.97. The monoisotopic (exact) mass is 316 g/mol. The van der Waals surface area contributed by atoms with Crippen LogP contribution in [0, 0.1) is 0 Å². The molecule has 0 radical (unpaired) electrons. The van der Waals surface area contributed by atoms with E-state index in [2.05, 4.69) is 58.1 Å². The van der Waals surface area contributed by atoms with E-state index in [-0.39, 0.29) is 11.1 Å². The van der Waals surface area contributed by atoms with Crippen LogP contribution < -0.4 is 4.43 Å². The van der Waals surface area contributed by atoms with Crippen molar-refractivity contribution in [3.63, 3.8) is 0 Å². The third kappa shape index (κ3) is 3.53. The number of aliphatic hydroxyl groups excluding tert-OH is 1. The van der Waals surface area contributed by atoms with Gasteiger partial charge in [0.25, 0.3) is 8.32 Å². The molecule has 2 aromatic carbocycles. The van der Waals surface area contributed by atoms with Gasteiger partial charge in [0, 0.05) is 11.8 Å². The van der Waals surface area contributed by atoms with E-state index < -0.39 is 8.32 Å². The van der Waals surface area contributed by atoms with Crippen LogP contribution in [0.1, 0.15) is 33.3 Å². The van der Waals surface area contributed by atoms with Crippen LogP contribution >= 0.6 is 0 Å². The predicted molar refractivity (Wildman–Crippen MR) is 97.2 cm³/mol. The van der Waals surface area contributed by atoms with Crippen molar-refractivity contribution in [1.82, 2.24) is 0 Å². The Kier molecular flexibility index (Phi) is 4.69. The second kappa shape index (κ2) is 6.05. The van der Waals surface area contributed by atoms with Gasteiger partial charge in [-0.1, -0.05) is 57.2 Å². The Morgan fingerprint density at radius 2 is 1.73 bits per heavy atom. The molecule has 0 spiro atoms. The van der Waals surface area contributed by atoms with Gasteiger partial charge in [0.05, 0.1) is 6.10 Å². The highest BCUT2D eigenvalue weighted by molar-refractivity contribution is 6.74. The van der Waals surface area contributed by atoms with E-state index in [0.717, 1.165) is 16.7 Å². The first-order valence-electron chi connectivity index (χ1n) is 7.99. The number of aliphatic hydroxyl groups is 1. The lowest BCUT2D eigenvalue weighted by molar-refractivity contribution is 0.194. The van der Waals surface area contributed by atoms with Crippen molar-refractivity contribution in [3.8, 4) is 5.75 Å². The second-order valence-electron chi connectivity index (χ2n) is 7.69. The number of benzene rings is 2. The first-order chi connectivity index (χ1) is 10.1. The van der Waals surface area contributed by atoms with Crippen molar-refractivity contribution in [1.29, 1.82) is 0 Å². The summed E-state index contributed by atoms with van der Waals surface area (Å²) < 4.78 is 6.64. The lowest BCUT2D eigenvalue weighted by Crippen LogP contribution is -2.44. The number of rotatable bonds is 4. The summed E-state index contributed by atoms with van der Waals surface area (Å²) in [5, 5.41) is 12.3. The summed E-state index contributed by atoms with van der Waals surface area (Å²) in [6.45, 7) is 13.1. The summed E-state index contributed by atoms with van der Waals surface area (Å²) in [5.74, 6) is 0.964. The van der Waals surface area contributed by atoms with Crippen molar-refractivity contribution in [2.45, 2.75) is 58.4 Å². The Morgan fingerprint density at radius 3 is 2.32 bits per heavy atom. The standard InChI is InChI=1S/C19H28O2Si/c1-14(20)13-16-12-11-15-9-7-8-10-17(15)18(16)21-22(5,6)19(2,3)4/h7-12,14,20H,13H2,1-6H3. The highest BCUT2D eigenvalue weighted by atomic mass is 28.4. The zero-order valence-corrected chi connectivity index (χ0v) is 15.6. The predicted octanol–water partition coefficient (Wildman–Crippen LogP) is 5.15. The summed E-state index contributed by atoms with van der Waals surface area (Å²) >= 11 is 0. The van der Waals surface area contributed by atoms with E-state index in [4.69, 9.17) is 4.43 Å². The van der Waals surface area contributed by atoms with Gasteiger partial charge in [-0.15, -0.1) is 0 Å². The maximum Gasteiger partial charge on any atom is 0.250 e. The molecule has 0 amide bonds. The zero-order valence-electron chi connectivity index (χ0n) is 14.6. The maximum atomic E-state index is 9.82. The Hall–Kier alpha value is -1.32. The molecule has 0 fully saturated rings. The van der Waals surface area contributed by atoms with Gasteiger partial charge < -0.3 is 9.53 Å². The fourth-order valence-corrected chi connectivity index (χ4v) is 3.35. The van der Waals surface area contributed by atoms with Crippen LogP contribution in [0.25, 0.3) is 10.8 Å². The topological polar surface area (TPSA) is 29.5 Å². The molecule has 0 aliphatic carbocycles. The van der Waals surface area contributed by atoms with Crippen molar-refractivity contribution in [2.24, 2.45) is 0 Å². The minimum atomic E-state index is -1.93. The number of hydrogen-bond donors (Lipinski definition) is 1. The van der Waals surface area contributed by atoms with Gasteiger partial charge in [-0.2, -0.15) is 0 Å². The summed E-state index contributed by atoms with van der Waals surface area (Å²) in [7, 11) is -1.93. The molecule has 0 aliphatic rings. The van der Waals surface area contributed by atoms with E-state index in [1.807, 2.05) is 19.1 Å². The Bertz CT molecular complexity index is 654. The van der Waals surface area contributed by atoms with Crippen LogP contribution in [0.2, 0.25) is 18.1 Å². The van der Waals surface area contributed by atoms with Gasteiger partial charge in [-0.05, 0) is 36.0 Å². The number of fused-ring (bicyclic) bond motifs is 1. The molecule has 0 heterocycles. The molecule has 2 rings (SSSR count). The molecule has 0 aliphatic heterocycles. The number of hydrogen-bond acceptors (Lipinski definition) is 2. The minimum Gasteiger partial charge on any atom is -0.543 e. The van der Waals surface area contributed by atoms with Crippen molar-refractivity contribution < 1.29 is 9.53 Å². The summed E-state index contributed by atoms with van der Waals surface area (Å²) in [6, 6.07) is 12.5. The average molecular weight is 317 g/mol. The fourth-order valence-electron chi connectivity index (χ4n) is 2.30. The molecule has 120 valence electrons. The Balaban J connectivity index is 2.57. The molecule has 0 bridgehead atoms. The molecule has 3 heteroatoms. The molecule has 2 aromatic rings. The molecular formula is C19H28O2Si. The van der Waals surface area contributed by atoms with Crippen molar-refractivity contribution in [2.75, 3.05) is 0 Å². The van der Waals surface area contributed by atoms with Crippen LogP contribution in [0.4, 0.5) is 0 Å². The maximum absolute atomic E-state index is 9.82. The highest BCUT2D eigenvalue weighted by Crippen LogP contribution is 2.40. The molecule has 1 unspecified atom stereocenters. The third-order valence-electron chi connectivity index (χ3n) is 4.64. The van der Waals surface area contributed by atoms with Crippen LogP contribution in [0.5, 0.6) is 5.75 Å². The summed E-state index contributed by atoms with van der Waals surface area (Å²) in [6.07, 6.45) is 0.248. The highest BCUT2D eigenvalue weighted by Gasteiger charge is 2.39. The first kappa shape index (κ1) is 17.0. The minimum absolute atomic E-state index is 0.145. The zero-order chi connectivity index (χ0) is 16.5. The van der Waals surface area contributed by atoms with Crippen molar-refractivity contribution >= 4 is 19.1 Å². The van der Waals surface area contributed by atoms with Gasteiger partial charge in [0.1, 0.15) is 5.75 Å². The quantitative estimate of drug-likeness (QED) is 0.791. The van der Waals surface area contributed by atoms with Crippen molar-refractivity contribution in [3.05, 3.63) is 42.0 Å². The molecule has 0 aromatic heterocycles. The summed E-state index contributed by atoms with van der Waals surface area (Å²) in [5.41, 5.74) is 1.10. The average Bonchev–Trinajstić information content (AvgIpc) is 2.39. The van der Waals surface area contributed by atoms with Gasteiger partial charge in [0.15, 0.2) is 0 Å². The SMILES string of the molecule is CC(O)Cc1ccc2ccccc2c1O[Si](C)(C)C(C)(C)C. The summed E-state index contributed by atoms with van der Waals surface area (Å²) in [4.78, 5) is 0. The molecule has 2 nitrogen and oxygen atoms in total. The van der Waals surface area contributed by atoms with E-state index >= 15 is 0 Å². The van der Waals surface area contributed by atoms with Crippen LogP contribution in [-0.4, -0.2) is 19.5 Å². The molecule has 0 saturated heterocycles. The lowest BCUT2D eigenvalue weighted by Gasteiger charge is -2.37. The van der Waals surface area contributed by atoms with Crippen LogP contribution in [0.3, 0.4) is 0 Å². The molecule has 0 saturated carbocycles. The smallest absolute Gasteiger partial charge is 0.250 e. The Labute approximate surface area is 135 Å². The van der Waals surface area contributed by atoms with Crippen LogP contribution in [-0.2, 0) is 6.42 Å². The van der Waals surface area contributed by atoms with E-state index in [1.54, 1.807) is 0 Å². The molecule has 1 N–H and O–H groups in total. The fraction of sp³-hybridized carbons (Fsp3) is 0.474. The molecule has 22 heavy (non-hydrogen) atoms. The first-order valence-corrected chi connectivity index (χ1v) is 10.9. The second-order valence-corrected chi connectivity index (χ2v) is 12.4. The van der Waals surface area contributed by atoms with E-state index in [0.29, 0.717) is 6.42 Å². The van der Waals surface area contributed by atoms with Gasteiger partial charge in [0.2, 0.25) is 0 Å². The molecular weight excluding hydrogens is 288 g/mol. The Morgan fingerprint density at radius 1 is 1.09 bits per heavy atom. The molecule has 1 atom stereocenters.